The maximum atomic E-state index is 12.2. The summed E-state index contributed by atoms with van der Waals surface area (Å²) in [7, 11) is 0. The topological polar surface area (TPSA) is 66.8 Å². The molecule has 0 spiro atoms. The molecule has 19 heavy (non-hydrogen) atoms. The molecular formula is C13H15NO4S. The standard InChI is InChI=1S/C13H15NO4S/c1-8-7-10(15)14(13(2,3)12(16)17)11(18-8)9-5-4-6-19-9/h4-7,11H,1-3H3,(H,16,17). The van der Waals surface area contributed by atoms with E-state index in [0.29, 0.717) is 5.76 Å². The molecule has 1 amide bonds. The van der Waals surface area contributed by atoms with Crippen LogP contribution in [-0.2, 0) is 14.3 Å². The van der Waals surface area contributed by atoms with Gasteiger partial charge in [0, 0.05) is 6.08 Å². The lowest BCUT2D eigenvalue weighted by atomic mass is 10.0. The van der Waals surface area contributed by atoms with Crippen LogP contribution in [0.4, 0.5) is 0 Å². The lowest BCUT2D eigenvalue weighted by Gasteiger charge is -2.42. The predicted octanol–water partition coefficient (Wildman–Crippen LogP) is 2.37. The van der Waals surface area contributed by atoms with Gasteiger partial charge in [0.1, 0.15) is 11.3 Å². The van der Waals surface area contributed by atoms with Gasteiger partial charge in [-0.05, 0) is 32.2 Å². The number of carbonyl (C=O) groups excluding carboxylic acids is 1. The van der Waals surface area contributed by atoms with E-state index in [0.717, 1.165) is 4.88 Å². The maximum absolute atomic E-state index is 12.2. The average molecular weight is 281 g/mol. The first-order valence-corrected chi connectivity index (χ1v) is 6.67. The summed E-state index contributed by atoms with van der Waals surface area (Å²) in [5.74, 6) is -0.936. The lowest BCUT2D eigenvalue weighted by Crippen LogP contribution is -2.55. The SMILES string of the molecule is CC1=CC(=O)N(C(C)(C)C(=O)O)C(c2cccs2)O1. The number of carboxylic acid groups (broad SMARTS) is 1. The van der Waals surface area contributed by atoms with E-state index in [1.807, 2.05) is 17.5 Å². The van der Waals surface area contributed by atoms with Crippen molar-refractivity contribution < 1.29 is 19.4 Å². The van der Waals surface area contributed by atoms with Crippen LogP contribution in [0.2, 0.25) is 0 Å². The number of amides is 1. The fraction of sp³-hybridized carbons (Fsp3) is 0.385. The lowest BCUT2D eigenvalue weighted by molar-refractivity contribution is -0.171. The molecule has 1 aliphatic heterocycles. The Kier molecular flexibility index (Phi) is 3.36. The molecule has 1 unspecified atom stereocenters. The molecule has 1 aromatic rings. The fourth-order valence-electron chi connectivity index (χ4n) is 1.91. The highest BCUT2D eigenvalue weighted by atomic mass is 32.1. The number of nitrogens with zero attached hydrogens (tertiary/aromatic N) is 1. The fourth-order valence-corrected chi connectivity index (χ4v) is 2.65. The van der Waals surface area contributed by atoms with E-state index in [-0.39, 0.29) is 5.91 Å². The Morgan fingerprint density at radius 1 is 1.53 bits per heavy atom. The molecule has 0 fully saturated rings. The van der Waals surface area contributed by atoms with Crippen molar-refractivity contribution in [2.24, 2.45) is 0 Å². The number of rotatable bonds is 3. The van der Waals surface area contributed by atoms with E-state index in [4.69, 9.17) is 4.74 Å². The quantitative estimate of drug-likeness (QED) is 0.923. The van der Waals surface area contributed by atoms with Gasteiger partial charge in [-0.25, -0.2) is 4.79 Å². The molecule has 6 heteroatoms. The number of aliphatic carboxylic acids is 1. The molecule has 0 aliphatic carbocycles. The molecule has 0 bridgehead atoms. The van der Waals surface area contributed by atoms with Crippen LogP contribution < -0.4 is 0 Å². The molecule has 1 aliphatic rings. The Balaban J connectivity index is 2.47. The van der Waals surface area contributed by atoms with Crippen LogP contribution in [-0.4, -0.2) is 27.4 Å². The summed E-state index contributed by atoms with van der Waals surface area (Å²) in [5, 5.41) is 11.2. The molecule has 1 aromatic heterocycles. The van der Waals surface area contributed by atoms with Crippen LogP contribution in [0.1, 0.15) is 31.9 Å². The first-order chi connectivity index (χ1) is 8.84. The summed E-state index contributed by atoms with van der Waals surface area (Å²) in [5.41, 5.74) is -1.34. The molecule has 0 aromatic carbocycles. The number of allylic oxidation sites excluding steroid dienone is 1. The van der Waals surface area contributed by atoms with E-state index in [2.05, 4.69) is 0 Å². The highest BCUT2D eigenvalue weighted by Crippen LogP contribution is 2.36. The minimum absolute atomic E-state index is 0.352. The summed E-state index contributed by atoms with van der Waals surface area (Å²) >= 11 is 1.43. The van der Waals surface area contributed by atoms with Crippen molar-refractivity contribution >= 4 is 23.2 Å². The molecule has 1 atom stereocenters. The van der Waals surface area contributed by atoms with Crippen molar-refractivity contribution in [1.82, 2.24) is 4.90 Å². The van der Waals surface area contributed by atoms with Crippen molar-refractivity contribution in [1.29, 1.82) is 0 Å². The van der Waals surface area contributed by atoms with Crippen LogP contribution in [0, 0.1) is 0 Å². The highest BCUT2D eigenvalue weighted by Gasteiger charge is 2.45. The third-order valence-electron chi connectivity index (χ3n) is 3.01. The number of hydrogen-bond donors (Lipinski definition) is 1. The number of hydrogen-bond acceptors (Lipinski definition) is 4. The largest absolute Gasteiger partial charge is 0.480 e. The molecule has 0 saturated carbocycles. The van der Waals surface area contributed by atoms with Gasteiger partial charge in [0.2, 0.25) is 6.23 Å². The van der Waals surface area contributed by atoms with E-state index in [1.165, 1.54) is 36.2 Å². The van der Waals surface area contributed by atoms with Crippen LogP contribution in [0.25, 0.3) is 0 Å². The van der Waals surface area contributed by atoms with Gasteiger partial charge in [-0.2, -0.15) is 0 Å². The monoisotopic (exact) mass is 281 g/mol. The van der Waals surface area contributed by atoms with Crippen molar-refractivity contribution in [3.8, 4) is 0 Å². The average Bonchev–Trinajstić information content (AvgIpc) is 2.80. The minimum atomic E-state index is -1.34. The van der Waals surface area contributed by atoms with E-state index >= 15 is 0 Å². The Morgan fingerprint density at radius 3 is 2.74 bits per heavy atom. The molecule has 102 valence electrons. The summed E-state index contributed by atoms with van der Waals surface area (Å²) in [6.45, 7) is 4.67. The Morgan fingerprint density at radius 2 is 2.21 bits per heavy atom. The molecular weight excluding hydrogens is 266 g/mol. The summed E-state index contributed by atoms with van der Waals surface area (Å²) in [6.07, 6.45) is 0.623. The molecule has 2 heterocycles. The van der Waals surface area contributed by atoms with Gasteiger partial charge in [-0.15, -0.1) is 11.3 Å². The van der Waals surface area contributed by atoms with Gasteiger partial charge in [0.25, 0.3) is 5.91 Å². The zero-order chi connectivity index (χ0) is 14.2. The van der Waals surface area contributed by atoms with Gasteiger partial charge in [-0.1, -0.05) is 6.07 Å². The van der Waals surface area contributed by atoms with E-state index in [9.17, 15) is 14.7 Å². The summed E-state index contributed by atoms with van der Waals surface area (Å²) in [6, 6.07) is 3.67. The van der Waals surface area contributed by atoms with Crippen LogP contribution >= 0.6 is 11.3 Å². The van der Waals surface area contributed by atoms with Crippen LogP contribution in [0.5, 0.6) is 0 Å². The Bertz CT molecular complexity index is 533. The van der Waals surface area contributed by atoms with Crippen LogP contribution in [0.15, 0.2) is 29.3 Å². The number of carbonyl (C=O) groups is 2. The van der Waals surface area contributed by atoms with E-state index < -0.39 is 17.7 Å². The second-order valence-electron chi connectivity index (χ2n) is 4.81. The number of ether oxygens (including phenoxy) is 1. The smallest absolute Gasteiger partial charge is 0.329 e. The van der Waals surface area contributed by atoms with E-state index in [1.54, 1.807) is 6.92 Å². The second kappa shape index (κ2) is 4.70. The van der Waals surface area contributed by atoms with Crippen molar-refractivity contribution in [3.05, 3.63) is 34.2 Å². The predicted molar refractivity (Wildman–Crippen MR) is 70.5 cm³/mol. The van der Waals surface area contributed by atoms with Crippen molar-refractivity contribution in [2.45, 2.75) is 32.5 Å². The molecule has 0 radical (unpaired) electrons. The van der Waals surface area contributed by atoms with Gasteiger partial charge >= 0.3 is 5.97 Å². The summed E-state index contributed by atoms with van der Waals surface area (Å²) in [4.78, 5) is 25.6. The third kappa shape index (κ3) is 2.35. The summed E-state index contributed by atoms with van der Waals surface area (Å²) < 4.78 is 5.66. The minimum Gasteiger partial charge on any atom is -0.480 e. The van der Waals surface area contributed by atoms with Crippen LogP contribution in [0.3, 0.4) is 0 Å². The second-order valence-corrected chi connectivity index (χ2v) is 5.79. The van der Waals surface area contributed by atoms with Crippen molar-refractivity contribution in [2.75, 3.05) is 0 Å². The van der Waals surface area contributed by atoms with Gasteiger partial charge in [0.05, 0.1) is 4.88 Å². The Hall–Kier alpha value is -1.82. The van der Waals surface area contributed by atoms with Gasteiger partial charge < -0.3 is 9.84 Å². The molecule has 5 nitrogen and oxygen atoms in total. The molecule has 2 rings (SSSR count). The zero-order valence-corrected chi connectivity index (χ0v) is 11.7. The molecule has 1 N–H and O–H groups in total. The third-order valence-corrected chi connectivity index (χ3v) is 3.91. The Labute approximate surface area is 115 Å². The zero-order valence-electron chi connectivity index (χ0n) is 10.9. The number of thiophene rings is 1. The van der Waals surface area contributed by atoms with Crippen molar-refractivity contribution in [3.63, 3.8) is 0 Å². The number of carboxylic acids is 1. The first-order valence-electron chi connectivity index (χ1n) is 5.79. The van der Waals surface area contributed by atoms with Gasteiger partial charge in [0.15, 0.2) is 0 Å². The highest BCUT2D eigenvalue weighted by molar-refractivity contribution is 7.10. The van der Waals surface area contributed by atoms with Gasteiger partial charge in [-0.3, -0.25) is 9.69 Å². The maximum Gasteiger partial charge on any atom is 0.329 e. The first kappa shape index (κ1) is 13.6. The normalized spacial score (nSPS) is 19.9. The molecule has 0 saturated heterocycles.